The maximum absolute atomic E-state index is 12.9. The molecule has 0 aromatic heterocycles. The monoisotopic (exact) mass is 507 g/mol. The SMILES string of the molecule is CCCN(CCN(CCC)CC(=O)NCc1cc(C2=NNC=NN2)ccc1S(C)(C)C)CC(=O)O. The Hall–Kier alpha value is -2.63. The van der Waals surface area contributed by atoms with Crippen LogP contribution < -0.4 is 16.2 Å². The normalized spacial score (nSPS) is 13.9. The van der Waals surface area contributed by atoms with Gasteiger partial charge in [-0.15, -0.1) is 0 Å². The van der Waals surface area contributed by atoms with Crippen molar-refractivity contribution in [3.8, 4) is 0 Å². The van der Waals surface area contributed by atoms with E-state index in [4.69, 9.17) is 5.11 Å². The predicted octanol–water partition coefficient (Wildman–Crippen LogP) is 1.66. The molecule has 0 unspecified atom stereocenters. The van der Waals surface area contributed by atoms with Crippen molar-refractivity contribution in [2.24, 2.45) is 10.2 Å². The van der Waals surface area contributed by atoms with Gasteiger partial charge >= 0.3 is 5.97 Å². The van der Waals surface area contributed by atoms with E-state index < -0.39 is 16.0 Å². The van der Waals surface area contributed by atoms with Gasteiger partial charge in [-0.25, -0.2) is 10.0 Å². The largest absolute Gasteiger partial charge is 0.480 e. The van der Waals surface area contributed by atoms with E-state index in [-0.39, 0.29) is 19.0 Å². The number of hydrogen-bond acceptors (Lipinski definition) is 8. The number of amides is 1. The van der Waals surface area contributed by atoms with Gasteiger partial charge in [-0.1, -0.05) is 19.9 Å². The molecule has 0 saturated carbocycles. The molecule has 196 valence electrons. The molecule has 0 radical (unpaired) electrons. The van der Waals surface area contributed by atoms with E-state index >= 15 is 0 Å². The summed E-state index contributed by atoms with van der Waals surface area (Å²) in [6, 6.07) is 6.19. The fourth-order valence-electron chi connectivity index (χ4n) is 3.93. The van der Waals surface area contributed by atoms with Crippen molar-refractivity contribution in [2.45, 2.75) is 38.1 Å². The summed E-state index contributed by atoms with van der Waals surface area (Å²) in [6.07, 6.45) is 9.99. The maximum Gasteiger partial charge on any atom is 0.317 e. The second kappa shape index (κ2) is 14.1. The van der Waals surface area contributed by atoms with Gasteiger partial charge in [-0.2, -0.15) is 10.2 Å². The molecule has 0 saturated heterocycles. The van der Waals surface area contributed by atoms with Crippen molar-refractivity contribution >= 4 is 34.1 Å². The number of carbonyl (C=O) groups excluding carboxylic acids is 1. The van der Waals surface area contributed by atoms with Crippen LogP contribution in [-0.2, 0) is 16.1 Å². The molecular weight excluding hydrogens is 466 g/mol. The molecule has 0 fully saturated rings. The van der Waals surface area contributed by atoms with Crippen LogP contribution in [0.2, 0.25) is 0 Å². The number of nitrogens with zero attached hydrogens (tertiary/aromatic N) is 4. The third-order valence-corrected chi connectivity index (χ3v) is 7.19. The Balaban J connectivity index is 2.04. The van der Waals surface area contributed by atoms with E-state index in [0.29, 0.717) is 25.5 Å². The van der Waals surface area contributed by atoms with Crippen LogP contribution in [0.25, 0.3) is 0 Å². The Morgan fingerprint density at radius 2 is 1.69 bits per heavy atom. The highest BCUT2D eigenvalue weighted by molar-refractivity contribution is 8.32. The minimum Gasteiger partial charge on any atom is -0.480 e. The third-order valence-electron chi connectivity index (χ3n) is 5.48. The first-order chi connectivity index (χ1) is 16.6. The predicted molar refractivity (Wildman–Crippen MR) is 144 cm³/mol. The highest BCUT2D eigenvalue weighted by Gasteiger charge is 2.18. The van der Waals surface area contributed by atoms with E-state index in [9.17, 15) is 9.59 Å². The molecule has 1 heterocycles. The summed E-state index contributed by atoms with van der Waals surface area (Å²) >= 11 is 0. The van der Waals surface area contributed by atoms with Gasteiger partial charge in [-0.3, -0.25) is 30.2 Å². The quantitative estimate of drug-likeness (QED) is 0.285. The van der Waals surface area contributed by atoms with E-state index in [1.54, 1.807) is 0 Å². The van der Waals surface area contributed by atoms with Crippen LogP contribution in [0.3, 0.4) is 0 Å². The lowest BCUT2D eigenvalue weighted by molar-refractivity contribution is -0.138. The Bertz CT molecular complexity index is 915. The molecular formula is C24H41N7O3S. The molecule has 11 heteroatoms. The minimum absolute atomic E-state index is 0.0231. The van der Waals surface area contributed by atoms with Crippen molar-refractivity contribution in [1.82, 2.24) is 26.0 Å². The van der Waals surface area contributed by atoms with Crippen LogP contribution in [0.1, 0.15) is 37.8 Å². The van der Waals surface area contributed by atoms with E-state index in [0.717, 1.165) is 37.1 Å². The lowest BCUT2D eigenvalue weighted by Gasteiger charge is -2.29. The number of rotatable bonds is 15. The average molecular weight is 508 g/mol. The number of amidine groups is 1. The van der Waals surface area contributed by atoms with E-state index in [1.807, 2.05) is 17.9 Å². The van der Waals surface area contributed by atoms with Crippen LogP contribution in [0.5, 0.6) is 0 Å². The molecule has 1 aliphatic rings. The zero-order chi connectivity index (χ0) is 25.8. The van der Waals surface area contributed by atoms with Crippen LogP contribution in [0.4, 0.5) is 0 Å². The molecule has 0 atom stereocenters. The van der Waals surface area contributed by atoms with Crippen molar-refractivity contribution in [2.75, 3.05) is 58.0 Å². The second-order valence-electron chi connectivity index (χ2n) is 9.34. The number of hydrogen-bond donors (Lipinski definition) is 4. The van der Waals surface area contributed by atoms with Gasteiger partial charge in [0.25, 0.3) is 0 Å². The summed E-state index contributed by atoms with van der Waals surface area (Å²) in [5.74, 6) is -0.240. The Kier molecular flexibility index (Phi) is 11.5. The number of aliphatic carboxylic acids is 1. The van der Waals surface area contributed by atoms with Crippen LogP contribution in [0.15, 0.2) is 33.3 Å². The highest BCUT2D eigenvalue weighted by Crippen LogP contribution is 2.47. The van der Waals surface area contributed by atoms with Gasteiger partial charge in [0.1, 0.15) is 6.34 Å². The number of benzene rings is 1. The Morgan fingerprint density at radius 1 is 1.03 bits per heavy atom. The molecule has 2 rings (SSSR count). The second-order valence-corrected chi connectivity index (χ2v) is 13.5. The minimum atomic E-state index is -1.01. The number of hydrazone groups is 2. The number of carbonyl (C=O) groups is 2. The topological polar surface area (TPSA) is 122 Å². The van der Waals surface area contributed by atoms with Crippen molar-refractivity contribution in [1.29, 1.82) is 0 Å². The lowest BCUT2D eigenvalue weighted by atomic mass is 10.1. The fourth-order valence-corrected chi connectivity index (χ4v) is 5.33. The van der Waals surface area contributed by atoms with Crippen LogP contribution in [0, 0.1) is 0 Å². The zero-order valence-corrected chi connectivity index (χ0v) is 22.5. The van der Waals surface area contributed by atoms with Gasteiger partial charge in [0, 0.05) is 25.2 Å². The summed E-state index contributed by atoms with van der Waals surface area (Å²) < 4.78 is 0. The average Bonchev–Trinajstić information content (AvgIpc) is 2.81. The summed E-state index contributed by atoms with van der Waals surface area (Å²) in [6.45, 7) is 7.64. The first-order valence-electron chi connectivity index (χ1n) is 12.0. The highest BCUT2D eigenvalue weighted by atomic mass is 32.3. The number of carboxylic acids is 1. The number of nitrogens with one attached hydrogen (secondary N) is 3. The standard InChI is InChI=1S/C24H41N7O3S/c1-6-10-30(12-13-31(11-7-2)17-23(33)34)16-22(32)25-15-20-14-19(24-28-26-18-27-29-24)8-9-21(20)35(3,4)5/h8-9,14,18H,6-7,10-13,15-17H2,1-5H3,(H,25,32)(H,26,27)(H,28,29)(H,33,34). The maximum atomic E-state index is 12.9. The van der Waals surface area contributed by atoms with Gasteiger partial charge in [-0.05, 0) is 67.3 Å². The first-order valence-corrected chi connectivity index (χ1v) is 14.8. The third kappa shape index (κ3) is 9.87. The first kappa shape index (κ1) is 28.6. The van der Waals surface area contributed by atoms with Crippen molar-refractivity contribution < 1.29 is 14.7 Å². The van der Waals surface area contributed by atoms with Gasteiger partial charge in [0.15, 0.2) is 5.84 Å². The zero-order valence-electron chi connectivity index (χ0n) is 21.6. The molecule has 4 N–H and O–H groups in total. The molecule has 0 bridgehead atoms. The van der Waals surface area contributed by atoms with Gasteiger partial charge in [0.2, 0.25) is 5.91 Å². The molecule has 0 spiro atoms. The molecule has 0 aliphatic carbocycles. The van der Waals surface area contributed by atoms with E-state index in [2.05, 4.69) is 69.1 Å². The van der Waals surface area contributed by atoms with Crippen molar-refractivity contribution in [3.05, 3.63) is 29.3 Å². The molecule has 1 aliphatic heterocycles. The summed E-state index contributed by atoms with van der Waals surface area (Å²) in [7, 11) is -1.01. The molecule has 10 nitrogen and oxygen atoms in total. The van der Waals surface area contributed by atoms with Crippen LogP contribution >= 0.6 is 10.0 Å². The van der Waals surface area contributed by atoms with Crippen LogP contribution in [-0.4, -0.2) is 97.0 Å². The Morgan fingerprint density at radius 3 is 2.23 bits per heavy atom. The summed E-state index contributed by atoms with van der Waals surface area (Å²) in [4.78, 5) is 29.3. The smallest absolute Gasteiger partial charge is 0.317 e. The van der Waals surface area contributed by atoms with E-state index in [1.165, 1.54) is 11.2 Å². The Labute approximate surface area is 210 Å². The lowest BCUT2D eigenvalue weighted by Crippen LogP contribution is -2.42. The molecule has 1 amide bonds. The molecule has 1 aromatic rings. The summed E-state index contributed by atoms with van der Waals surface area (Å²) in [5.41, 5.74) is 7.61. The number of carboxylic acid groups (broad SMARTS) is 1. The van der Waals surface area contributed by atoms with Gasteiger partial charge < -0.3 is 10.4 Å². The summed E-state index contributed by atoms with van der Waals surface area (Å²) in [5, 5.41) is 20.5. The van der Waals surface area contributed by atoms with Crippen molar-refractivity contribution in [3.63, 3.8) is 0 Å². The molecule has 35 heavy (non-hydrogen) atoms. The van der Waals surface area contributed by atoms with Gasteiger partial charge in [0.05, 0.1) is 13.1 Å². The fraction of sp³-hybridized carbons (Fsp3) is 0.583. The molecule has 1 aromatic carbocycles.